The predicted molar refractivity (Wildman–Crippen MR) is 77.0 cm³/mol. The Balaban J connectivity index is 1.79. The van der Waals surface area contributed by atoms with Crippen molar-refractivity contribution in [2.75, 3.05) is 26.2 Å². The quantitative estimate of drug-likeness (QED) is 0.769. The van der Waals surface area contributed by atoms with Gasteiger partial charge in [0.15, 0.2) is 5.78 Å². The Morgan fingerprint density at radius 3 is 2.65 bits per heavy atom. The topological polar surface area (TPSA) is 56.5 Å². The summed E-state index contributed by atoms with van der Waals surface area (Å²) in [7, 11) is 0. The fourth-order valence-corrected chi connectivity index (χ4v) is 3.09. The van der Waals surface area contributed by atoms with E-state index in [9.17, 15) is 4.79 Å². The van der Waals surface area contributed by atoms with Crippen LogP contribution < -0.4 is 0 Å². The van der Waals surface area contributed by atoms with Crippen molar-refractivity contribution in [3.63, 3.8) is 0 Å². The van der Waals surface area contributed by atoms with Crippen LogP contribution >= 0.6 is 0 Å². The number of rotatable bonds is 2. The van der Waals surface area contributed by atoms with E-state index in [0.717, 1.165) is 42.8 Å². The predicted octanol–water partition coefficient (Wildman–Crippen LogP) is 1.91. The number of carbonyl (C=O) groups is 1. The van der Waals surface area contributed by atoms with Gasteiger partial charge in [-0.05, 0) is 25.9 Å². The van der Waals surface area contributed by atoms with E-state index in [1.165, 1.54) is 0 Å². The van der Waals surface area contributed by atoms with Crippen LogP contribution in [-0.4, -0.2) is 42.6 Å². The van der Waals surface area contributed by atoms with Crippen molar-refractivity contribution in [2.45, 2.75) is 12.8 Å². The number of aliphatic imine (C=N–C) groups is 1. The molecular formula is C16H17N3O. The number of hydrogen-bond acceptors (Lipinski definition) is 4. The molecule has 1 aromatic carbocycles. The number of hydrogen-bond donors (Lipinski definition) is 0. The van der Waals surface area contributed by atoms with E-state index in [4.69, 9.17) is 5.26 Å². The van der Waals surface area contributed by atoms with Gasteiger partial charge in [0, 0.05) is 22.8 Å². The molecule has 3 rings (SSSR count). The normalized spacial score (nSPS) is 20.1. The molecule has 1 fully saturated rings. The highest BCUT2D eigenvalue weighted by molar-refractivity contribution is 6.16. The van der Waals surface area contributed by atoms with Crippen molar-refractivity contribution in [3.05, 3.63) is 35.4 Å². The molecule has 0 aromatic heterocycles. The highest BCUT2D eigenvalue weighted by Gasteiger charge is 2.28. The zero-order valence-corrected chi connectivity index (χ0v) is 11.4. The van der Waals surface area contributed by atoms with Crippen molar-refractivity contribution in [2.24, 2.45) is 10.9 Å². The molecule has 0 radical (unpaired) electrons. The molecule has 20 heavy (non-hydrogen) atoms. The smallest absolute Gasteiger partial charge is 0.184 e. The van der Waals surface area contributed by atoms with Crippen LogP contribution in [0.2, 0.25) is 0 Å². The van der Waals surface area contributed by atoms with Crippen LogP contribution in [0.15, 0.2) is 29.3 Å². The summed E-state index contributed by atoms with van der Waals surface area (Å²) in [6, 6.07) is 9.99. The van der Waals surface area contributed by atoms with Crippen molar-refractivity contribution >= 4 is 11.5 Å². The van der Waals surface area contributed by atoms with Crippen molar-refractivity contribution < 1.29 is 4.79 Å². The first-order valence-corrected chi connectivity index (χ1v) is 7.06. The maximum absolute atomic E-state index is 11.9. The van der Waals surface area contributed by atoms with Crippen LogP contribution in [0.4, 0.5) is 0 Å². The van der Waals surface area contributed by atoms with Gasteiger partial charge in [0.2, 0.25) is 0 Å². The summed E-state index contributed by atoms with van der Waals surface area (Å²) in [5.41, 5.74) is 2.93. The molecule has 2 aliphatic rings. The van der Waals surface area contributed by atoms with Crippen molar-refractivity contribution in [1.82, 2.24) is 4.90 Å². The number of ketones is 1. The van der Waals surface area contributed by atoms with Gasteiger partial charge in [-0.1, -0.05) is 24.3 Å². The largest absolute Gasteiger partial charge is 0.292 e. The SMILES string of the molecule is N#CCN1CCC(C2=NCC(=O)c3ccccc32)CC1. The molecule has 0 amide bonds. The Labute approximate surface area is 118 Å². The second kappa shape index (κ2) is 5.56. The second-order valence-corrected chi connectivity index (χ2v) is 5.38. The molecular weight excluding hydrogens is 250 g/mol. The van der Waals surface area contributed by atoms with E-state index < -0.39 is 0 Å². The van der Waals surface area contributed by atoms with E-state index >= 15 is 0 Å². The first-order valence-electron chi connectivity index (χ1n) is 7.06. The van der Waals surface area contributed by atoms with Gasteiger partial charge in [-0.3, -0.25) is 14.7 Å². The fraction of sp³-hybridized carbons (Fsp3) is 0.438. The van der Waals surface area contributed by atoms with Gasteiger partial charge < -0.3 is 0 Å². The third-order valence-corrected chi connectivity index (χ3v) is 4.17. The van der Waals surface area contributed by atoms with Gasteiger partial charge in [-0.25, -0.2) is 0 Å². The number of piperidine rings is 1. The minimum Gasteiger partial charge on any atom is -0.292 e. The molecule has 0 unspecified atom stereocenters. The summed E-state index contributed by atoms with van der Waals surface area (Å²) in [5.74, 6) is 0.533. The van der Waals surface area contributed by atoms with Gasteiger partial charge in [-0.2, -0.15) is 5.26 Å². The van der Waals surface area contributed by atoms with Gasteiger partial charge in [0.1, 0.15) is 6.54 Å². The molecule has 0 aliphatic carbocycles. The van der Waals surface area contributed by atoms with Gasteiger partial charge in [0.05, 0.1) is 12.6 Å². The number of Topliss-reactive ketones (excluding diaryl/α,β-unsaturated/α-hetero) is 1. The number of benzene rings is 1. The van der Waals surface area contributed by atoms with Crippen LogP contribution in [-0.2, 0) is 0 Å². The fourth-order valence-electron chi connectivity index (χ4n) is 3.09. The molecule has 102 valence electrons. The summed E-state index contributed by atoms with van der Waals surface area (Å²) < 4.78 is 0. The highest BCUT2D eigenvalue weighted by Crippen LogP contribution is 2.26. The average molecular weight is 267 g/mol. The van der Waals surface area contributed by atoms with E-state index in [2.05, 4.69) is 16.0 Å². The number of nitriles is 1. The lowest BCUT2D eigenvalue weighted by Gasteiger charge is -2.32. The molecule has 2 aliphatic heterocycles. The minimum absolute atomic E-state index is 0.117. The van der Waals surface area contributed by atoms with Gasteiger partial charge in [0.25, 0.3) is 0 Å². The molecule has 0 spiro atoms. The third kappa shape index (κ3) is 2.37. The molecule has 1 aromatic rings. The molecule has 0 N–H and O–H groups in total. The molecule has 4 heteroatoms. The minimum atomic E-state index is 0.117. The van der Waals surface area contributed by atoms with Crippen LogP contribution in [0.5, 0.6) is 0 Å². The Morgan fingerprint density at radius 2 is 1.95 bits per heavy atom. The molecule has 1 saturated heterocycles. The van der Waals surface area contributed by atoms with Crippen LogP contribution in [0, 0.1) is 17.2 Å². The summed E-state index contributed by atoms with van der Waals surface area (Å²) in [6.07, 6.45) is 2.03. The van der Waals surface area contributed by atoms with Gasteiger partial charge in [-0.15, -0.1) is 0 Å². The van der Waals surface area contributed by atoms with Crippen LogP contribution in [0.1, 0.15) is 28.8 Å². The van der Waals surface area contributed by atoms with E-state index in [0.29, 0.717) is 12.5 Å². The molecule has 0 saturated carbocycles. The lowest BCUT2D eigenvalue weighted by atomic mass is 9.84. The monoisotopic (exact) mass is 267 g/mol. The van der Waals surface area contributed by atoms with E-state index in [1.807, 2.05) is 24.3 Å². The van der Waals surface area contributed by atoms with Gasteiger partial charge >= 0.3 is 0 Å². The summed E-state index contributed by atoms with van der Waals surface area (Å²) >= 11 is 0. The number of carbonyl (C=O) groups excluding carboxylic acids is 1. The summed E-state index contributed by atoms with van der Waals surface area (Å²) in [4.78, 5) is 18.6. The number of fused-ring (bicyclic) bond motifs is 1. The van der Waals surface area contributed by atoms with E-state index in [-0.39, 0.29) is 12.3 Å². The number of nitrogens with zero attached hydrogens (tertiary/aromatic N) is 3. The zero-order chi connectivity index (χ0) is 13.9. The molecule has 0 atom stereocenters. The van der Waals surface area contributed by atoms with Crippen molar-refractivity contribution in [3.8, 4) is 6.07 Å². The van der Waals surface area contributed by atoms with Crippen LogP contribution in [0.25, 0.3) is 0 Å². The lowest BCUT2D eigenvalue weighted by Crippen LogP contribution is -2.38. The van der Waals surface area contributed by atoms with Crippen LogP contribution in [0.3, 0.4) is 0 Å². The van der Waals surface area contributed by atoms with Crippen molar-refractivity contribution in [1.29, 1.82) is 5.26 Å². The second-order valence-electron chi connectivity index (χ2n) is 5.38. The lowest BCUT2D eigenvalue weighted by molar-refractivity contribution is 0.0999. The Hall–Kier alpha value is -1.99. The maximum atomic E-state index is 11.9. The molecule has 0 bridgehead atoms. The highest BCUT2D eigenvalue weighted by atomic mass is 16.1. The Kier molecular flexibility index (Phi) is 3.62. The molecule has 4 nitrogen and oxygen atoms in total. The number of likely N-dealkylation sites (tertiary alicyclic amines) is 1. The first kappa shape index (κ1) is 13.0. The summed E-state index contributed by atoms with van der Waals surface area (Å²) in [6.45, 7) is 2.67. The first-order chi connectivity index (χ1) is 9.79. The third-order valence-electron chi connectivity index (χ3n) is 4.17. The average Bonchev–Trinajstić information content (AvgIpc) is 2.49. The maximum Gasteiger partial charge on any atom is 0.184 e. The Bertz CT molecular complexity index is 592. The van der Waals surface area contributed by atoms with E-state index in [1.54, 1.807) is 0 Å². The Morgan fingerprint density at radius 1 is 1.25 bits per heavy atom. The standard InChI is InChI=1S/C16H17N3O/c17-7-10-19-8-5-12(6-9-19)16-14-4-2-1-3-13(14)15(20)11-18-16/h1-4,12H,5-6,8-11H2. The zero-order valence-electron chi connectivity index (χ0n) is 11.4. The summed E-state index contributed by atoms with van der Waals surface area (Å²) in [5, 5.41) is 8.74. The molecule has 2 heterocycles.